The van der Waals surface area contributed by atoms with Crippen LogP contribution in [0, 0.1) is 11.8 Å². The van der Waals surface area contributed by atoms with Crippen molar-refractivity contribution in [3.63, 3.8) is 0 Å². The minimum absolute atomic E-state index is 0. The summed E-state index contributed by atoms with van der Waals surface area (Å²) in [4.78, 5) is 12.0. The number of piperidine rings is 1. The van der Waals surface area contributed by atoms with E-state index in [9.17, 15) is 4.79 Å². The molecule has 2 aliphatic rings. The molecule has 124 valence electrons. The molecule has 0 radical (unpaired) electrons. The standard InChI is InChI=1S/C16H30N2O2.ClH/c1-20-16(19)15(11-13-5-3-2-4-6-13)18-12-14-7-9-17-10-8-14;/h13-15,17-18H,2-12H2,1H3;1H. The van der Waals surface area contributed by atoms with Crippen LogP contribution in [0.4, 0.5) is 0 Å². The van der Waals surface area contributed by atoms with Gasteiger partial charge in [-0.25, -0.2) is 0 Å². The normalized spacial score (nSPS) is 22.3. The monoisotopic (exact) mass is 318 g/mol. The number of rotatable bonds is 6. The Morgan fingerprint density at radius 2 is 1.81 bits per heavy atom. The molecule has 2 N–H and O–H groups in total. The van der Waals surface area contributed by atoms with Gasteiger partial charge in [0.05, 0.1) is 7.11 Å². The van der Waals surface area contributed by atoms with E-state index >= 15 is 0 Å². The van der Waals surface area contributed by atoms with Crippen molar-refractivity contribution < 1.29 is 9.53 Å². The topological polar surface area (TPSA) is 50.4 Å². The lowest BCUT2D eigenvalue weighted by Gasteiger charge is -2.28. The number of hydrogen-bond acceptors (Lipinski definition) is 4. The molecule has 2 fully saturated rings. The van der Waals surface area contributed by atoms with Crippen LogP contribution in [0.3, 0.4) is 0 Å². The summed E-state index contributed by atoms with van der Waals surface area (Å²) in [6, 6.07) is -0.0991. The van der Waals surface area contributed by atoms with Gasteiger partial charge in [0.15, 0.2) is 0 Å². The SMILES string of the molecule is COC(=O)C(CC1CCCCC1)NCC1CCNCC1.Cl. The highest BCUT2D eigenvalue weighted by Crippen LogP contribution is 2.27. The largest absolute Gasteiger partial charge is 0.468 e. The lowest BCUT2D eigenvalue weighted by molar-refractivity contribution is -0.143. The van der Waals surface area contributed by atoms with E-state index in [-0.39, 0.29) is 24.4 Å². The van der Waals surface area contributed by atoms with Gasteiger partial charge in [-0.15, -0.1) is 12.4 Å². The molecule has 1 heterocycles. The lowest BCUT2D eigenvalue weighted by Crippen LogP contribution is -2.43. The Kier molecular flexibility index (Phi) is 9.29. The number of halogens is 1. The predicted molar refractivity (Wildman–Crippen MR) is 87.8 cm³/mol. The zero-order valence-electron chi connectivity index (χ0n) is 13.2. The second-order valence-corrected chi connectivity index (χ2v) is 6.42. The second-order valence-electron chi connectivity index (χ2n) is 6.42. The fourth-order valence-corrected chi connectivity index (χ4v) is 3.56. The van der Waals surface area contributed by atoms with Gasteiger partial charge in [0, 0.05) is 0 Å². The van der Waals surface area contributed by atoms with Crippen LogP contribution in [-0.4, -0.2) is 38.8 Å². The van der Waals surface area contributed by atoms with Crippen molar-refractivity contribution in [2.75, 3.05) is 26.7 Å². The summed E-state index contributed by atoms with van der Waals surface area (Å²) in [7, 11) is 1.50. The van der Waals surface area contributed by atoms with E-state index in [2.05, 4.69) is 10.6 Å². The quantitative estimate of drug-likeness (QED) is 0.739. The molecule has 0 bridgehead atoms. The maximum absolute atomic E-state index is 12.0. The summed E-state index contributed by atoms with van der Waals surface area (Å²) in [5, 5.41) is 6.87. The minimum atomic E-state index is -0.0991. The van der Waals surface area contributed by atoms with E-state index in [0.29, 0.717) is 11.8 Å². The van der Waals surface area contributed by atoms with Crippen LogP contribution < -0.4 is 10.6 Å². The number of hydrogen-bond donors (Lipinski definition) is 2. The third-order valence-corrected chi connectivity index (χ3v) is 4.89. The molecule has 0 aromatic rings. The van der Waals surface area contributed by atoms with Crippen LogP contribution in [0.1, 0.15) is 51.4 Å². The number of carbonyl (C=O) groups excluding carboxylic acids is 1. The summed E-state index contributed by atoms with van der Waals surface area (Å²) >= 11 is 0. The highest BCUT2D eigenvalue weighted by Gasteiger charge is 2.25. The van der Waals surface area contributed by atoms with Crippen LogP contribution in [0.15, 0.2) is 0 Å². The van der Waals surface area contributed by atoms with Crippen LogP contribution in [-0.2, 0) is 9.53 Å². The molecular formula is C16H31ClN2O2. The molecule has 0 spiro atoms. The van der Waals surface area contributed by atoms with Gasteiger partial charge in [-0.2, -0.15) is 0 Å². The fraction of sp³-hybridized carbons (Fsp3) is 0.938. The molecule has 4 nitrogen and oxygen atoms in total. The first kappa shape index (κ1) is 18.7. The molecule has 2 rings (SSSR count). The molecule has 0 aromatic heterocycles. The van der Waals surface area contributed by atoms with Gasteiger partial charge in [0.2, 0.25) is 0 Å². The van der Waals surface area contributed by atoms with Gasteiger partial charge in [0.1, 0.15) is 6.04 Å². The summed E-state index contributed by atoms with van der Waals surface area (Å²) < 4.78 is 4.98. The zero-order chi connectivity index (χ0) is 14.2. The third-order valence-electron chi connectivity index (χ3n) is 4.89. The van der Waals surface area contributed by atoms with Gasteiger partial charge >= 0.3 is 5.97 Å². The van der Waals surface area contributed by atoms with Crippen molar-refractivity contribution in [3.8, 4) is 0 Å². The van der Waals surface area contributed by atoms with Crippen molar-refractivity contribution in [1.29, 1.82) is 0 Å². The number of methoxy groups -OCH3 is 1. The van der Waals surface area contributed by atoms with E-state index in [4.69, 9.17) is 4.74 Å². The number of carbonyl (C=O) groups is 1. The number of ether oxygens (including phenoxy) is 1. The Bertz CT molecular complexity index is 290. The van der Waals surface area contributed by atoms with Gasteiger partial charge in [-0.3, -0.25) is 4.79 Å². The summed E-state index contributed by atoms with van der Waals surface area (Å²) in [5.74, 6) is 1.33. The van der Waals surface area contributed by atoms with Crippen LogP contribution >= 0.6 is 12.4 Å². The summed E-state index contributed by atoms with van der Waals surface area (Å²) in [5.41, 5.74) is 0. The molecule has 0 amide bonds. The third kappa shape index (κ3) is 6.54. The molecular weight excluding hydrogens is 288 g/mol. The highest BCUT2D eigenvalue weighted by atomic mass is 35.5. The minimum Gasteiger partial charge on any atom is -0.468 e. The average Bonchev–Trinajstić information content (AvgIpc) is 2.52. The molecule has 1 unspecified atom stereocenters. The predicted octanol–water partition coefficient (Wildman–Crippen LogP) is 2.51. The fourth-order valence-electron chi connectivity index (χ4n) is 3.56. The second kappa shape index (κ2) is 10.4. The van der Waals surface area contributed by atoms with Gasteiger partial charge in [-0.05, 0) is 50.7 Å². The summed E-state index contributed by atoms with van der Waals surface area (Å²) in [6.07, 6.45) is 9.96. The van der Waals surface area contributed by atoms with Crippen molar-refractivity contribution in [1.82, 2.24) is 10.6 Å². The number of esters is 1. The van der Waals surface area contributed by atoms with Gasteiger partial charge in [0.25, 0.3) is 0 Å². The maximum atomic E-state index is 12.0. The highest BCUT2D eigenvalue weighted by molar-refractivity contribution is 5.85. The number of nitrogens with one attached hydrogen (secondary N) is 2. The first-order valence-electron chi connectivity index (χ1n) is 8.31. The molecule has 1 aliphatic heterocycles. The first-order valence-corrected chi connectivity index (χ1v) is 8.31. The van der Waals surface area contributed by atoms with Crippen LogP contribution in [0.25, 0.3) is 0 Å². The molecule has 1 atom stereocenters. The van der Waals surface area contributed by atoms with Gasteiger partial charge < -0.3 is 15.4 Å². The smallest absolute Gasteiger partial charge is 0.322 e. The van der Waals surface area contributed by atoms with Crippen molar-refractivity contribution in [2.24, 2.45) is 11.8 Å². The molecule has 5 heteroatoms. The molecule has 1 saturated carbocycles. The molecule has 1 aliphatic carbocycles. The van der Waals surface area contributed by atoms with Crippen molar-refractivity contribution >= 4 is 18.4 Å². The zero-order valence-corrected chi connectivity index (χ0v) is 14.1. The van der Waals surface area contributed by atoms with E-state index < -0.39 is 0 Å². The van der Waals surface area contributed by atoms with E-state index in [0.717, 1.165) is 26.1 Å². The van der Waals surface area contributed by atoms with Crippen LogP contribution in [0.2, 0.25) is 0 Å². The Morgan fingerprint density at radius 1 is 1.14 bits per heavy atom. The van der Waals surface area contributed by atoms with E-state index in [1.54, 1.807) is 0 Å². The molecule has 0 aromatic carbocycles. The Hall–Kier alpha value is -0.320. The van der Waals surface area contributed by atoms with Crippen molar-refractivity contribution in [2.45, 2.75) is 57.4 Å². The Morgan fingerprint density at radius 3 is 2.43 bits per heavy atom. The molecule has 1 saturated heterocycles. The summed E-state index contributed by atoms with van der Waals surface area (Å²) in [6.45, 7) is 3.17. The first-order chi connectivity index (χ1) is 9.79. The molecule has 21 heavy (non-hydrogen) atoms. The van der Waals surface area contributed by atoms with Gasteiger partial charge in [-0.1, -0.05) is 32.1 Å². The van der Waals surface area contributed by atoms with E-state index in [1.165, 1.54) is 52.1 Å². The van der Waals surface area contributed by atoms with Crippen molar-refractivity contribution in [3.05, 3.63) is 0 Å². The Labute approximate surface area is 135 Å². The lowest BCUT2D eigenvalue weighted by atomic mass is 9.84. The van der Waals surface area contributed by atoms with E-state index in [1.807, 2.05) is 0 Å². The van der Waals surface area contributed by atoms with Crippen LogP contribution in [0.5, 0.6) is 0 Å². The Balaban J connectivity index is 0.00000220. The maximum Gasteiger partial charge on any atom is 0.322 e. The average molecular weight is 319 g/mol.